The molecule has 0 bridgehead atoms. The van der Waals surface area contributed by atoms with Crippen molar-refractivity contribution in [1.29, 1.82) is 0 Å². The number of aliphatic hydroxyl groups is 2. The van der Waals surface area contributed by atoms with Gasteiger partial charge in [0.25, 0.3) is 0 Å². The summed E-state index contributed by atoms with van der Waals surface area (Å²) in [6.07, 6.45) is 1.09. The molecule has 2 N–H and O–H groups in total. The van der Waals surface area contributed by atoms with Crippen LogP contribution in [0.25, 0.3) is 0 Å². The molecule has 1 aromatic carbocycles. The lowest BCUT2D eigenvalue weighted by molar-refractivity contribution is -0.144. The Bertz CT molecular complexity index is 580. The van der Waals surface area contributed by atoms with E-state index in [4.69, 9.17) is 24.4 Å². The summed E-state index contributed by atoms with van der Waals surface area (Å²) < 4.78 is 15.6. The van der Waals surface area contributed by atoms with Gasteiger partial charge < -0.3 is 29.3 Å². The highest BCUT2D eigenvalue weighted by atomic mass is 16.5. The van der Waals surface area contributed by atoms with Crippen molar-refractivity contribution in [1.82, 2.24) is 0 Å². The minimum atomic E-state index is -0.365. The van der Waals surface area contributed by atoms with Crippen LogP contribution in [-0.2, 0) is 19.1 Å². The van der Waals surface area contributed by atoms with Gasteiger partial charge >= 0.3 is 11.9 Å². The number of carbonyl (C=O) groups excluding carboxylic acids is 2. The molecule has 0 aliphatic carbocycles. The first-order valence-electron chi connectivity index (χ1n) is 9.44. The van der Waals surface area contributed by atoms with Crippen LogP contribution in [0, 0.1) is 6.92 Å². The molecule has 28 heavy (non-hydrogen) atoms. The number of rotatable bonds is 14. The first-order chi connectivity index (χ1) is 13.5. The number of ether oxygens (including phenoxy) is 3. The number of carbonyl (C=O) groups is 2. The molecule has 1 aromatic rings. The second-order valence-corrected chi connectivity index (χ2v) is 6.26. The van der Waals surface area contributed by atoms with Gasteiger partial charge in [-0.15, -0.1) is 0 Å². The van der Waals surface area contributed by atoms with Crippen LogP contribution in [0.3, 0.4) is 0 Å². The molecule has 0 aliphatic rings. The standard InChI is InChI=1S/C20H31NO7/c1-16-5-6-18(26-2)17(15-16)21(9-7-19(24)27-13-3-11-22)10-8-20(25)28-14-4-12-23/h5-6,15,22-23H,3-4,7-14H2,1-2H3. The summed E-state index contributed by atoms with van der Waals surface area (Å²) in [4.78, 5) is 25.7. The van der Waals surface area contributed by atoms with Crippen molar-refractivity contribution in [3.8, 4) is 5.75 Å². The summed E-state index contributed by atoms with van der Waals surface area (Å²) in [5.41, 5.74) is 1.81. The molecular formula is C20H31NO7. The van der Waals surface area contributed by atoms with E-state index in [0.717, 1.165) is 11.3 Å². The van der Waals surface area contributed by atoms with Crippen LogP contribution < -0.4 is 9.64 Å². The molecule has 1 rings (SSSR count). The van der Waals surface area contributed by atoms with E-state index < -0.39 is 0 Å². The molecule has 0 spiro atoms. The van der Waals surface area contributed by atoms with E-state index in [9.17, 15) is 9.59 Å². The number of aryl methyl sites for hydroxylation is 1. The lowest BCUT2D eigenvalue weighted by Gasteiger charge is -2.26. The molecule has 0 saturated carbocycles. The van der Waals surface area contributed by atoms with Crippen molar-refractivity contribution in [2.75, 3.05) is 51.5 Å². The summed E-state index contributed by atoms with van der Waals surface area (Å²) in [5.74, 6) is -0.0842. The highest BCUT2D eigenvalue weighted by Crippen LogP contribution is 2.29. The Morgan fingerprint density at radius 1 is 0.964 bits per heavy atom. The van der Waals surface area contributed by atoms with E-state index in [1.807, 2.05) is 30.0 Å². The molecule has 158 valence electrons. The van der Waals surface area contributed by atoms with Gasteiger partial charge in [-0.25, -0.2) is 0 Å². The number of hydrogen-bond donors (Lipinski definition) is 2. The minimum absolute atomic E-state index is 0.0295. The highest BCUT2D eigenvalue weighted by Gasteiger charge is 2.16. The van der Waals surface area contributed by atoms with E-state index in [1.54, 1.807) is 7.11 Å². The molecule has 0 aliphatic heterocycles. The summed E-state index contributed by atoms with van der Waals surface area (Å²) >= 11 is 0. The number of benzene rings is 1. The molecule has 0 amide bonds. The Morgan fingerprint density at radius 2 is 1.50 bits per heavy atom. The van der Waals surface area contributed by atoms with Crippen molar-refractivity contribution in [3.63, 3.8) is 0 Å². The maximum Gasteiger partial charge on any atom is 0.307 e. The minimum Gasteiger partial charge on any atom is -0.495 e. The topological polar surface area (TPSA) is 106 Å². The second kappa shape index (κ2) is 13.8. The van der Waals surface area contributed by atoms with Crippen molar-refractivity contribution in [2.45, 2.75) is 32.6 Å². The third-order valence-electron chi connectivity index (χ3n) is 3.98. The van der Waals surface area contributed by atoms with Gasteiger partial charge in [-0.1, -0.05) is 6.07 Å². The van der Waals surface area contributed by atoms with Gasteiger partial charge in [0.05, 0.1) is 38.9 Å². The van der Waals surface area contributed by atoms with Crippen molar-refractivity contribution in [3.05, 3.63) is 23.8 Å². The third kappa shape index (κ3) is 9.05. The van der Waals surface area contributed by atoms with Gasteiger partial charge in [-0.3, -0.25) is 9.59 Å². The Balaban J connectivity index is 2.76. The van der Waals surface area contributed by atoms with E-state index in [0.29, 0.717) is 31.7 Å². The van der Waals surface area contributed by atoms with Crippen LogP contribution >= 0.6 is 0 Å². The number of nitrogens with zero attached hydrogens (tertiary/aromatic N) is 1. The molecule has 0 unspecified atom stereocenters. The average Bonchev–Trinajstić information content (AvgIpc) is 2.68. The summed E-state index contributed by atoms with van der Waals surface area (Å²) in [7, 11) is 1.57. The monoisotopic (exact) mass is 397 g/mol. The Labute approximate surface area is 166 Å². The Kier molecular flexibility index (Phi) is 11.7. The molecular weight excluding hydrogens is 366 g/mol. The fraction of sp³-hybridized carbons (Fsp3) is 0.600. The van der Waals surface area contributed by atoms with Gasteiger partial charge in [0.2, 0.25) is 0 Å². The Morgan fingerprint density at radius 3 is 1.96 bits per heavy atom. The van der Waals surface area contributed by atoms with Gasteiger partial charge in [0.15, 0.2) is 0 Å². The zero-order chi connectivity index (χ0) is 20.8. The fourth-order valence-corrected chi connectivity index (χ4v) is 2.50. The predicted molar refractivity (Wildman–Crippen MR) is 105 cm³/mol. The quantitative estimate of drug-likeness (QED) is 0.359. The normalized spacial score (nSPS) is 10.4. The largest absolute Gasteiger partial charge is 0.495 e. The lowest BCUT2D eigenvalue weighted by Crippen LogP contribution is -2.30. The molecule has 8 nitrogen and oxygen atoms in total. The lowest BCUT2D eigenvalue weighted by atomic mass is 10.1. The molecule has 0 radical (unpaired) electrons. The molecule has 0 heterocycles. The summed E-state index contributed by atoms with van der Waals surface area (Å²) in [6, 6.07) is 5.71. The number of hydrogen-bond acceptors (Lipinski definition) is 8. The Hall–Kier alpha value is -2.32. The van der Waals surface area contributed by atoms with Crippen LogP contribution in [0.4, 0.5) is 5.69 Å². The maximum atomic E-state index is 11.9. The summed E-state index contributed by atoms with van der Waals surface area (Å²) in [6.45, 7) is 2.95. The molecule has 0 aromatic heterocycles. The van der Waals surface area contributed by atoms with Gasteiger partial charge in [0.1, 0.15) is 5.75 Å². The molecule has 8 heteroatoms. The van der Waals surface area contributed by atoms with E-state index >= 15 is 0 Å². The molecule has 0 saturated heterocycles. The van der Waals surface area contributed by atoms with Crippen molar-refractivity contribution < 1.29 is 34.0 Å². The van der Waals surface area contributed by atoms with Gasteiger partial charge in [0, 0.05) is 39.1 Å². The van der Waals surface area contributed by atoms with E-state index in [1.165, 1.54) is 0 Å². The van der Waals surface area contributed by atoms with E-state index in [2.05, 4.69) is 0 Å². The van der Waals surface area contributed by atoms with Crippen LogP contribution in [0.1, 0.15) is 31.2 Å². The van der Waals surface area contributed by atoms with Gasteiger partial charge in [-0.2, -0.15) is 0 Å². The first-order valence-corrected chi connectivity index (χ1v) is 9.44. The number of aliphatic hydroxyl groups excluding tert-OH is 2. The molecule has 0 fully saturated rings. The third-order valence-corrected chi connectivity index (χ3v) is 3.98. The van der Waals surface area contributed by atoms with Crippen LogP contribution in [0.2, 0.25) is 0 Å². The average molecular weight is 397 g/mol. The van der Waals surface area contributed by atoms with Crippen molar-refractivity contribution >= 4 is 17.6 Å². The van der Waals surface area contributed by atoms with Crippen LogP contribution in [-0.4, -0.2) is 68.8 Å². The highest BCUT2D eigenvalue weighted by molar-refractivity contribution is 5.72. The number of anilines is 1. The number of methoxy groups -OCH3 is 1. The van der Waals surface area contributed by atoms with Crippen LogP contribution in [0.5, 0.6) is 5.75 Å². The fourth-order valence-electron chi connectivity index (χ4n) is 2.50. The van der Waals surface area contributed by atoms with E-state index in [-0.39, 0.29) is 51.2 Å². The van der Waals surface area contributed by atoms with Gasteiger partial charge in [-0.05, 0) is 24.6 Å². The SMILES string of the molecule is COc1ccc(C)cc1N(CCC(=O)OCCCO)CCC(=O)OCCCO. The van der Waals surface area contributed by atoms with Crippen molar-refractivity contribution in [2.24, 2.45) is 0 Å². The zero-order valence-electron chi connectivity index (χ0n) is 16.7. The summed E-state index contributed by atoms with van der Waals surface area (Å²) in [5, 5.41) is 17.5. The zero-order valence-corrected chi connectivity index (χ0v) is 16.7. The smallest absolute Gasteiger partial charge is 0.307 e. The van der Waals surface area contributed by atoms with Crippen LogP contribution in [0.15, 0.2) is 18.2 Å². The first kappa shape index (κ1) is 23.7. The maximum absolute atomic E-state index is 11.9. The predicted octanol–water partition coefficient (Wildman–Crippen LogP) is 1.44. The number of esters is 2. The second-order valence-electron chi connectivity index (χ2n) is 6.26. The molecule has 0 atom stereocenters.